The van der Waals surface area contributed by atoms with Crippen molar-refractivity contribution < 1.29 is 9.90 Å². The average Bonchev–Trinajstić information content (AvgIpc) is 3.17. The Bertz CT molecular complexity index is 547. The fourth-order valence-electron chi connectivity index (χ4n) is 3.59. The minimum Gasteiger partial charge on any atom is -0.387 e. The van der Waals surface area contributed by atoms with Crippen molar-refractivity contribution in [3.63, 3.8) is 0 Å². The monoisotopic (exact) mass is 272 g/mol. The van der Waals surface area contributed by atoms with Crippen molar-refractivity contribution in [2.45, 2.75) is 24.9 Å². The number of β-amino-alcohol motifs (C(OH)–C–C–N with tert-alkyl or cyclic N) is 1. The maximum absolute atomic E-state index is 12.4. The molecule has 2 aliphatic heterocycles. The van der Waals surface area contributed by atoms with E-state index in [9.17, 15) is 9.90 Å². The molecule has 0 spiro atoms. The highest BCUT2D eigenvalue weighted by Crippen LogP contribution is 2.44. The van der Waals surface area contributed by atoms with E-state index in [1.165, 1.54) is 5.56 Å². The van der Waals surface area contributed by atoms with E-state index in [0.717, 1.165) is 31.5 Å². The fourth-order valence-corrected chi connectivity index (χ4v) is 3.59. The number of hydrogen-bond acceptors (Lipinski definition) is 3. The summed E-state index contributed by atoms with van der Waals surface area (Å²) in [4.78, 5) is 16.4. The van der Waals surface area contributed by atoms with Crippen LogP contribution in [0.1, 0.15) is 18.4 Å². The van der Waals surface area contributed by atoms with Crippen LogP contribution in [0.2, 0.25) is 0 Å². The zero-order valence-corrected chi connectivity index (χ0v) is 11.6. The molecule has 0 unspecified atom stereocenters. The SMILES string of the molecule is O=C(CN1CC(O)(C2CC2)C1)N1CCc2ccccc21. The van der Waals surface area contributed by atoms with Crippen molar-refractivity contribution in [3.05, 3.63) is 29.8 Å². The second kappa shape index (κ2) is 4.30. The molecule has 0 aromatic heterocycles. The quantitative estimate of drug-likeness (QED) is 0.894. The van der Waals surface area contributed by atoms with E-state index < -0.39 is 5.60 Å². The molecule has 1 saturated heterocycles. The lowest BCUT2D eigenvalue weighted by Crippen LogP contribution is -2.64. The van der Waals surface area contributed by atoms with Crippen LogP contribution in [0, 0.1) is 5.92 Å². The number of likely N-dealkylation sites (tertiary alicyclic amines) is 1. The fraction of sp³-hybridized carbons (Fsp3) is 0.562. The normalized spacial score (nSPS) is 24.4. The number of aliphatic hydroxyl groups is 1. The van der Waals surface area contributed by atoms with Gasteiger partial charge in [-0.1, -0.05) is 18.2 Å². The Morgan fingerprint density at radius 1 is 1.30 bits per heavy atom. The van der Waals surface area contributed by atoms with E-state index in [-0.39, 0.29) is 5.91 Å². The van der Waals surface area contributed by atoms with Crippen molar-refractivity contribution in [2.24, 2.45) is 5.92 Å². The van der Waals surface area contributed by atoms with E-state index >= 15 is 0 Å². The van der Waals surface area contributed by atoms with Gasteiger partial charge in [-0.2, -0.15) is 0 Å². The summed E-state index contributed by atoms with van der Waals surface area (Å²) < 4.78 is 0. The van der Waals surface area contributed by atoms with Crippen LogP contribution in [0.25, 0.3) is 0 Å². The Morgan fingerprint density at radius 3 is 2.80 bits per heavy atom. The minimum atomic E-state index is -0.497. The topological polar surface area (TPSA) is 43.8 Å². The molecule has 20 heavy (non-hydrogen) atoms. The molecule has 2 heterocycles. The predicted molar refractivity (Wildman–Crippen MR) is 76.6 cm³/mol. The van der Waals surface area contributed by atoms with Crippen LogP contribution < -0.4 is 4.90 Å². The predicted octanol–water partition coefficient (Wildman–Crippen LogP) is 1.03. The lowest BCUT2D eigenvalue weighted by Gasteiger charge is -2.47. The standard InChI is InChI=1S/C16H20N2O2/c19-15(9-17-10-16(20,11-17)13-5-6-13)18-8-7-12-3-1-2-4-14(12)18/h1-4,13,20H,5-11H2. The smallest absolute Gasteiger partial charge is 0.241 e. The van der Waals surface area contributed by atoms with Gasteiger partial charge in [0.25, 0.3) is 0 Å². The summed E-state index contributed by atoms with van der Waals surface area (Å²) in [7, 11) is 0. The second-order valence-corrected chi connectivity index (χ2v) is 6.45. The second-order valence-electron chi connectivity index (χ2n) is 6.45. The van der Waals surface area contributed by atoms with Gasteiger partial charge < -0.3 is 10.0 Å². The van der Waals surface area contributed by atoms with Crippen molar-refractivity contribution in [1.82, 2.24) is 4.90 Å². The molecule has 3 aliphatic rings. The number of hydrogen-bond donors (Lipinski definition) is 1. The Labute approximate surface area is 119 Å². The maximum Gasteiger partial charge on any atom is 0.241 e. The molecule has 1 aromatic rings. The van der Waals surface area contributed by atoms with Crippen LogP contribution in [0.3, 0.4) is 0 Å². The summed E-state index contributed by atoms with van der Waals surface area (Å²) in [5.41, 5.74) is 1.83. The third kappa shape index (κ3) is 1.95. The summed E-state index contributed by atoms with van der Waals surface area (Å²) in [6.07, 6.45) is 3.25. The van der Waals surface area contributed by atoms with Gasteiger partial charge in [-0.05, 0) is 36.8 Å². The largest absolute Gasteiger partial charge is 0.387 e. The highest BCUT2D eigenvalue weighted by atomic mass is 16.3. The van der Waals surface area contributed by atoms with Gasteiger partial charge in [0.1, 0.15) is 0 Å². The van der Waals surface area contributed by atoms with E-state index in [1.54, 1.807) is 0 Å². The van der Waals surface area contributed by atoms with Crippen LogP contribution in [-0.2, 0) is 11.2 Å². The number of anilines is 1. The molecule has 1 aliphatic carbocycles. The number of rotatable bonds is 3. The highest BCUT2D eigenvalue weighted by molar-refractivity contribution is 5.96. The molecule has 1 N–H and O–H groups in total. The first-order valence-electron chi connectivity index (χ1n) is 7.49. The summed E-state index contributed by atoms with van der Waals surface area (Å²) in [5.74, 6) is 0.647. The van der Waals surface area contributed by atoms with E-state index in [1.807, 2.05) is 23.1 Å². The molecular weight excluding hydrogens is 252 g/mol. The summed E-state index contributed by atoms with van der Waals surface area (Å²) in [5, 5.41) is 10.3. The lowest BCUT2D eigenvalue weighted by atomic mass is 9.89. The molecule has 0 bridgehead atoms. The first kappa shape index (κ1) is 12.4. The number of fused-ring (bicyclic) bond motifs is 1. The van der Waals surface area contributed by atoms with Crippen LogP contribution >= 0.6 is 0 Å². The van der Waals surface area contributed by atoms with Gasteiger partial charge in [0.05, 0.1) is 12.1 Å². The van der Waals surface area contributed by atoms with Crippen molar-refractivity contribution in [3.8, 4) is 0 Å². The minimum absolute atomic E-state index is 0.160. The first-order valence-corrected chi connectivity index (χ1v) is 7.49. The van der Waals surface area contributed by atoms with Gasteiger partial charge >= 0.3 is 0 Å². The van der Waals surface area contributed by atoms with Crippen LogP contribution in [0.4, 0.5) is 5.69 Å². The first-order chi connectivity index (χ1) is 9.66. The molecule has 4 rings (SSSR count). The Kier molecular flexibility index (Phi) is 2.66. The van der Waals surface area contributed by atoms with Crippen molar-refractivity contribution >= 4 is 11.6 Å². The number of para-hydroxylation sites is 1. The summed E-state index contributed by atoms with van der Waals surface area (Å²) in [6, 6.07) is 8.13. The van der Waals surface area contributed by atoms with Gasteiger partial charge in [-0.3, -0.25) is 9.69 Å². The maximum atomic E-state index is 12.4. The van der Waals surface area contributed by atoms with E-state index in [4.69, 9.17) is 0 Å². The number of benzene rings is 1. The van der Waals surface area contributed by atoms with Crippen LogP contribution in [0.5, 0.6) is 0 Å². The van der Waals surface area contributed by atoms with E-state index in [2.05, 4.69) is 11.0 Å². The average molecular weight is 272 g/mol. The van der Waals surface area contributed by atoms with Gasteiger partial charge in [0, 0.05) is 25.3 Å². The molecular formula is C16H20N2O2. The van der Waals surface area contributed by atoms with Crippen molar-refractivity contribution in [2.75, 3.05) is 31.1 Å². The van der Waals surface area contributed by atoms with E-state index in [0.29, 0.717) is 25.6 Å². The molecule has 4 heteroatoms. The van der Waals surface area contributed by atoms with Gasteiger partial charge in [-0.15, -0.1) is 0 Å². The van der Waals surface area contributed by atoms with Gasteiger partial charge in [-0.25, -0.2) is 0 Å². The zero-order chi connectivity index (χ0) is 13.7. The molecule has 0 radical (unpaired) electrons. The highest BCUT2D eigenvalue weighted by Gasteiger charge is 2.52. The Morgan fingerprint density at radius 2 is 2.05 bits per heavy atom. The summed E-state index contributed by atoms with van der Waals surface area (Å²) >= 11 is 0. The number of amides is 1. The Hall–Kier alpha value is -1.39. The molecule has 2 fully saturated rings. The molecule has 1 aromatic carbocycles. The molecule has 4 nitrogen and oxygen atoms in total. The molecule has 106 valence electrons. The van der Waals surface area contributed by atoms with Crippen LogP contribution in [0.15, 0.2) is 24.3 Å². The lowest BCUT2D eigenvalue weighted by molar-refractivity contribution is -0.134. The molecule has 0 atom stereocenters. The number of carbonyl (C=O) groups is 1. The molecule has 1 saturated carbocycles. The zero-order valence-electron chi connectivity index (χ0n) is 11.6. The Balaban J connectivity index is 1.38. The van der Waals surface area contributed by atoms with Gasteiger partial charge in [0.15, 0.2) is 0 Å². The van der Waals surface area contributed by atoms with Crippen molar-refractivity contribution in [1.29, 1.82) is 0 Å². The molecule has 1 amide bonds. The third-order valence-electron chi connectivity index (χ3n) is 4.88. The third-order valence-corrected chi connectivity index (χ3v) is 4.88. The van der Waals surface area contributed by atoms with Crippen LogP contribution in [-0.4, -0.2) is 47.7 Å². The van der Waals surface area contributed by atoms with Gasteiger partial charge in [0.2, 0.25) is 5.91 Å². The number of carbonyl (C=O) groups excluding carboxylic acids is 1. The summed E-state index contributed by atoms with van der Waals surface area (Å²) in [6.45, 7) is 2.56. The number of nitrogens with zero attached hydrogens (tertiary/aromatic N) is 2.